The third-order valence-electron chi connectivity index (χ3n) is 7.04. The highest BCUT2D eigenvalue weighted by Crippen LogP contribution is 2.34. The van der Waals surface area contributed by atoms with Crippen molar-refractivity contribution in [1.82, 2.24) is 5.32 Å². The molecule has 1 aliphatic rings. The molecule has 0 saturated heterocycles. The van der Waals surface area contributed by atoms with Crippen LogP contribution in [0.15, 0.2) is 72.8 Å². The Morgan fingerprint density at radius 3 is 2.37 bits per heavy atom. The molecule has 0 radical (unpaired) electrons. The Morgan fingerprint density at radius 2 is 1.66 bits per heavy atom. The summed E-state index contributed by atoms with van der Waals surface area (Å²) in [6, 6.07) is 22.6. The van der Waals surface area contributed by atoms with Gasteiger partial charge >= 0.3 is 5.97 Å². The molecule has 38 heavy (non-hydrogen) atoms. The van der Waals surface area contributed by atoms with E-state index < -0.39 is 11.5 Å². The summed E-state index contributed by atoms with van der Waals surface area (Å²) < 4.78 is 17.3. The third kappa shape index (κ3) is 7.07. The Morgan fingerprint density at radius 1 is 0.921 bits per heavy atom. The van der Waals surface area contributed by atoms with E-state index in [9.17, 15) is 9.59 Å². The van der Waals surface area contributed by atoms with E-state index in [-0.39, 0.29) is 5.91 Å². The van der Waals surface area contributed by atoms with E-state index in [1.54, 1.807) is 18.2 Å². The third-order valence-corrected chi connectivity index (χ3v) is 7.27. The molecule has 4 rings (SSSR count). The van der Waals surface area contributed by atoms with Gasteiger partial charge in [-0.1, -0.05) is 61.0 Å². The Bertz CT molecular complexity index is 1240. The molecule has 3 aromatic rings. The Kier molecular flexibility index (Phi) is 9.29. The van der Waals surface area contributed by atoms with Gasteiger partial charge in [0, 0.05) is 17.0 Å². The lowest BCUT2D eigenvalue weighted by Gasteiger charge is -2.37. The van der Waals surface area contributed by atoms with Crippen LogP contribution < -0.4 is 14.8 Å². The molecule has 1 fully saturated rings. The van der Waals surface area contributed by atoms with Gasteiger partial charge in [-0.05, 0) is 73.1 Å². The number of hydrogen-bond acceptors (Lipinski definition) is 5. The van der Waals surface area contributed by atoms with E-state index in [0.717, 1.165) is 24.0 Å². The quantitative estimate of drug-likeness (QED) is 0.304. The molecule has 7 heteroatoms. The van der Waals surface area contributed by atoms with Crippen molar-refractivity contribution in [3.8, 4) is 11.5 Å². The van der Waals surface area contributed by atoms with Crippen molar-refractivity contribution in [2.75, 3.05) is 13.7 Å². The average molecular weight is 536 g/mol. The van der Waals surface area contributed by atoms with Gasteiger partial charge in [-0.15, -0.1) is 0 Å². The van der Waals surface area contributed by atoms with Crippen LogP contribution in [-0.4, -0.2) is 31.1 Å². The topological polar surface area (TPSA) is 73.9 Å². The fourth-order valence-corrected chi connectivity index (χ4v) is 4.92. The highest BCUT2D eigenvalue weighted by atomic mass is 35.5. The molecule has 0 heterocycles. The molecule has 0 atom stereocenters. The van der Waals surface area contributed by atoms with Gasteiger partial charge in [0.05, 0.1) is 13.7 Å². The van der Waals surface area contributed by atoms with Gasteiger partial charge in [0.15, 0.2) is 11.5 Å². The smallest absolute Gasteiger partial charge is 0.331 e. The second-order valence-electron chi connectivity index (χ2n) is 9.87. The van der Waals surface area contributed by atoms with Crippen LogP contribution in [-0.2, 0) is 22.6 Å². The van der Waals surface area contributed by atoms with Crippen molar-refractivity contribution in [1.29, 1.82) is 0 Å². The van der Waals surface area contributed by atoms with Crippen LogP contribution in [0.5, 0.6) is 11.5 Å². The highest BCUT2D eigenvalue weighted by Gasteiger charge is 2.43. The predicted octanol–water partition coefficient (Wildman–Crippen LogP) is 6.39. The van der Waals surface area contributed by atoms with Gasteiger partial charge in [-0.3, -0.25) is 4.79 Å². The van der Waals surface area contributed by atoms with E-state index in [4.69, 9.17) is 25.8 Å². The number of esters is 1. The first-order valence-electron chi connectivity index (χ1n) is 13.0. The Balaban J connectivity index is 1.52. The minimum absolute atomic E-state index is 0.348. The fraction of sp³-hybridized carbons (Fsp3) is 0.355. The van der Waals surface area contributed by atoms with Crippen molar-refractivity contribution in [2.24, 2.45) is 5.92 Å². The van der Waals surface area contributed by atoms with Crippen LogP contribution in [0.3, 0.4) is 0 Å². The molecule has 0 unspecified atom stereocenters. The Labute approximate surface area is 229 Å². The largest absolute Gasteiger partial charge is 0.489 e. The molecule has 1 saturated carbocycles. The van der Waals surface area contributed by atoms with Crippen molar-refractivity contribution in [3.63, 3.8) is 0 Å². The number of hydrogen-bond donors (Lipinski definition) is 1. The Hall–Kier alpha value is -3.51. The molecule has 6 nitrogen and oxygen atoms in total. The molecule has 200 valence electrons. The molecule has 0 aliphatic heterocycles. The van der Waals surface area contributed by atoms with Crippen LogP contribution >= 0.6 is 11.6 Å². The molecule has 3 aromatic carbocycles. The van der Waals surface area contributed by atoms with Crippen molar-refractivity contribution in [2.45, 2.75) is 51.2 Å². The lowest BCUT2D eigenvalue weighted by atomic mass is 9.77. The first-order chi connectivity index (χ1) is 18.4. The molecule has 1 N–H and O–H groups in total. The molecular weight excluding hydrogens is 502 g/mol. The number of carbonyl (C=O) groups excluding carboxylic acids is 2. The number of nitrogens with one attached hydrogen (secondary N) is 1. The number of ether oxygens (including phenoxy) is 3. The maximum absolute atomic E-state index is 13.4. The number of halogens is 1. The lowest BCUT2D eigenvalue weighted by Crippen LogP contribution is -2.56. The molecular formula is C31H34ClNO5. The van der Waals surface area contributed by atoms with Crippen LogP contribution in [0.2, 0.25) is 5.02 Å². The summed E-state index contributed by atoms with van der Waals surface area (Å²) in [5.74, 6) is 0.744. The minimum atomic E-state index is -1.02. The second-order valence-corrected chi connectivity index (χ2v) is 10.3. The van der Waals surface area contributed by atoms with E-state index in [1.165, 1.54) is 7.11 Å². The number of methoxy groups -OCH3 is 1. The van der Waals surface area contributed by atoms with E-state index in [2.05, 4.69) is 12.2 Å². The summed E-state index contributed by atoms with van der Waals surface area (Å²) in [7, 11) is 1.36. The second kappa shape index (κ2) is 12.8. The van der Waals surface area contributed by atoms with Crippen molar-refractivity contribution >= 4 is 23.5 Å². The van der Waals surface area contributed by atoms with E-state index >= 15 is 0 Å². The number of benzene rings is 3. The van der Waals surface area contributed by atoms with Crippen molar-refractivity contribution in [3.05, 3.63) is 94.5 Å². The highest BCUT2D eigenvalue weighted by molar-refractivity contribution is 6.30. The summed E-state index contributed by atoms with van der Waals surface area (Å²) in [6.07, 6.45) is 3.43. The first kappa shape index (κ1) is 27.5. The van der Waals surface area contributed by atoms with Gasteiger partial charge in [-0.2, -0.15) is 0 Å². The lowest BCUT2D eigenvalue weighted by molar-refractivity contribution is -0.150. The summed E-state index contributed by atoms with van der Waals surface area (Å²) in [5.41, 5.74) is 1.43. The number of carbonyl (C=O) groups is 2. The zero-order valence-corrected chi connectivity index (χ0v) is 22.6. The van der Waals surface area contributed by atoms with E-state index in [1.807, 2.05) is 54.6 Å². The first-order valence-corrected chi connectivity index (χ1v) is 13.4. The minimum Gasteiger partial charge on any atom is -0.489 e. The van der Waals surface area contributed by atoms with Gasteiger partial charge in [0.2, 0.25) is 0 Å². The molecule has 1 aliphatic carbocycles. The summed E-state index contributed by atoms with van der Waals surface area (Å²) in [4.78, 5) is 26.1. The van der Waals surface area contributed by atoms with Gasteiger partial charge < -0.3 is 19.5 Å². The maximum atomic E-state index is 13.4. The zero-order chi connectivity index (χ0) is 27.0. The normalized spacial score (nSPS) is 18.9. The molecule has 0 aromatic heterocycles. The average Bonchev–Trinajstić information content (AvgIpc) is 2.93. The monoisotopic (exact) mass is 535 g/mol. The standard InChI is InChI=1S/C31H34ClNO5/c1-22-13-16-31(17-14-22,30(35)36-2)33-29(34)25-11-12-27(38-21-24-7-4-3-5-8-24)28(20-25)37-18-15-23-9-6-10-26(32)19-23/h3-12,19-20,22H,13-18,21H2,1-2H3,(H,33,34)/t22-,31+. The molecule has 0 bridgehead atoms. The molecule has 0 spiro atoms. The van der Waals surface area contributed by atoms with Crippen molar-refractivity contribution < 1.29 is 23.8 Å². The van der Waals surface area contributed by atoms with Gasteiger partial charge in [0.1, 0.15) is 12.1 Å². The number of amides is 1. The maximum Gasteiger partial charge on any atom is 0.331 e. The summed E-state index contributed by atoms with van der Waals surface area (Å²) >= 11 is 6.11. The number of rotatable bonds is 10. The molecule has 1 amide bonds. The zero-order valence-electron chi connectivity index (χ0n) is 21.9. The van der Waals surface area contributed by atoms with Crippen LogP contribution in [0.1, 0.15) is 54.1 Å². The predicted molar refractivity (Wildman–Crippen MR) is 148 cm³/mol. The summed E-state index contributed by atoms with van der Waals surface area (Å²) in [5, 5.41) is 3.66. The van der Waals surface area contributed by atoms with Crippen LogP contribution in [0.4, 0.5) is 0 Å². The fourth-order valence-electron chi connectivity index (χ4n) is 4.71. The van der Waals surface area contributed by atoms with Crippen LogP contribution in [0, 0.1) is 5.92 Å². The van der Waals surface area contributed by atoms with Gasteiger partial charge in [0.25, 0.3) is 5.91 Å². The SMILES string of the molecule is COC(=O)[C@]1(NC(=O)c2ccc(OCc3ccccc3)c(OCCc3cccc(Cl)c3)c2)CC[C@@H](C)CC1. The van der Waals surface area contributed by atoms with Gasteiger partial charge in [-0.25, -0.2) is 4.79 Å². The summed E-state index contributed by atoms with van der Waals surface area (Å²) in [6.45, 7) is 2.89. The van der Waals surface area contributed by atoms with E-state index in [0.29, 0.717) is 60.5 Å². The van der Waals surface area contributed by atoms with Crippen LogP contribution in [0.25, 0.3) is 0 Å².